The molecule has 0 aromatic carbocycles. The largest absolute Gasteiger partial charge is 0.469 e. The van der Waals surface area contributed by atoms with Gasteiger partial charge in [-0.05, 0) is 51.4 Å². The Kier molecular flexibility index (Phi) is 4.46. The molecule has 1 aromatic rings. The Bertz CT molecular complexity index is 343. The van der Waals surface area contributed by atoms with Crippen LogP contribution in [-0.2, 0) is 6.42 Å². The van der Waals surface area contributed by atoms with Gasteiger partial charge in [-0.25, -0.2) is 0 Å². The van der Waals surface area contributed by atoms with Crippen LogP contribution in [0.3, 0.4) is 0 Å². The van der Waals surface area contributed by atoms with Gasteiger partial charge < -0.3 is 10.2 Å². The second-order valence-corrected chi connectivity index (χ2v) is 5.65. The fraction of sp³-hybridized carbons (Fsp3) is 0.733. The minimum atomic E-state index is 0.0905. The maximum atomic E-state index is 6.48. The number of nitrogens with two attached hydrogens (primary N) is 1. The molecule has 1 aliphatic rings. The van der Waals surface area contributed by atoms with E-state index < -0.39 is 0 Å². The van der Waals surface area contributed by atoms with Crippen molar-refractivity contribution in [2.75, 3.05) is 13.1 Å². The van der Waals surface area contributed by atoms with E-state index in [9.17, 15) is 0 Å². The summed E-state index contributed by atoms with van der Waals surface area (Å²) in [5.41, 5.74) is 6.57. The number of piperidine rings is 1. The molecule has 2 heterocycles. The lowest BCUT2D eigenvalue weighted by Gasteiger charge is -2.46. The van der Waals surface area contributed by atoms with Crippen molar-refractivity contribution < 1.29 is 4.42 Å². The zero-order chi connectivity index (χ0) is 13.0. The van der Waals surface area contributed by atoms with E-state index in [4.69, 9.17) is 10.2 Å². The Morgan fingerprint density at radius 3 is 2.67 bits per heavy atom. The van der Waals surface area contributed by atoms with E-state index >= 15 is 0 Å². The average Bonchev–Trinajstić information content (AvgIpc) is 2.91. The molecule has 2 atom stereocenters. The van der Waals surface area contributed by atoms with Gasteiger partial charge in [0.05, 0.1) is 6.26 Å². The van der Waals surface area contributed by atoms with Gasteiger partial charge in [-0.1, -0.05) is 13.3 Å². The Hall–Kier alpha value is -0.800. The molecule has 1 fully saturated rings. The minimum Gasteiger partial charge on any atom is -0.469 e. The molecular weight excluding hydrogens is 224 g/mol. The monoisotopic (exact) mass is 250 g/mol. The summed E-state index contributed by atoms with van der Waals surface area (Å²) in [7, 11) is 0. The van der Waals surface area contributed by atoms with Crippen molar-refractivity contribution in [3.05, 3.63) is 24.2 Å². The topological polar surface area (TPSA) is 42.4 Å². The predicted octanol–water partition coefficient (Wildman–Crippen LogP) is 2.80. The van der Waals surface area contributed by atoms with Crippen LogP contribution in [0.2, 0.25) is 0 Å². The molecule has 0 radical (unpaired) electrons. The predicted molar refractivity (Wildman–Crippen MR) is 74.5 cm³/mol. The number of hydrogen-bond donors (Lipinski definition) is 1. The van der Waals surface area contributed by atoms with Crippen molar-refractivity contribution in [1.82, 2.24) is 4.90 Å². The second-order valence-electron chi connectivity index (χ2n) is 5.65. The Morgan fingerprint density at radius 1 is 1.39 bits per heavy atom. The number of hydrogen-bond acceptors (Lipinski definition) is 3. The van der Waals surface area contributed by atoms with Gasteiger partial charge in [-0.3, -0.25) is 4.90 Å². The minimum absolute atomic E-state index is 0.0905. The summed E-state index contributed by atoms with van der Waals surface area (Å²) in [4.78, 5) is 2.59. The van der Waals surface area contributed by atoms with Crippen LogP contribution in [0.4, 0.5) is 0 Å². The van der Waals surface area contributed by atoms with Crippen molar-refractivity contribution in [2.24, 2.45) is 5.73 Å². The van der Waals surface area contributed by atoms with Crippen LogP contribution in [0.15, 0.2) is 22.8 Å². The number of nitrogens with zero attached hydrogens (tertiary/aromatic N) is 1. The van der Waals surface area contributed by atoms with Gasteiger partial charge in [0.2, 0.25) is 0 Å². The van der Waals surface area contributed by atoms with Gasteiger partial charge in [0.1, 0.15) is 5.76 Å². The molecule has 2 N–H and O–H groups in total. The summed E-state index contributed by atoms with van der Waals surface area (Å²) >= 11 is 0. The van der Waals surface area contributed by atoms with Crippen LogP contribution < -0.4 is 5.73 Å². The van der Waals surface area contributed by atoms with Crippen LogP contribution >= 0.6 is 0 Å². The highest BCUT2D eigenvalue weighted by atomic mass is 16.3. The molecular formula is C15H26N2O. The van der Waals surface area contributed by atoms with E-state index in [2.05, 4.69) is 18.7 Å². The van der Waals surface area contributed by atoms with Crippen LogP contribution in [0.1, 0.15) is 45.3 Å². The maximum absolute atomic E-state index is 6.48. The highest BCUT2D eigenvalue weighted by molar-refractivity contribution is 5.05. The van der Waals surface area contributed by atoms with Crippen LogP contribution in [0.25, 0.3) is 0 Å². The molecule has 102 valence electrons. The maximum Gasteiger partial charge on any atom is 0.105 e. The molecule has 3 heteroatoms. The van der Waals surface area contributed by atoms with Crippen LogP contribution in [-0.4, -0.2) is 29.6 Å². The van der Waals surface area contributed by atoms with Crippen molar-refractivity contribution in [3.8, 4) is 0 Å². The molecule has 0 amide bonds. The lowest BCUT2D eigenvalue weighted by Crippen LogP contribution is -2.59. The normalized spacial score (nSPS) is 22.6. The molecule has 0 bridgehead atoms. The van der Waals surface area contributed by atoms with Crippen LogP contribution in [0, 0.1) is 0 Å². The van der Waals surface area contributed by atoms with Crippen molar-refractivity contribution >= 4 is 0 Å². The van der Waals surface area contributed by atoms with E-state index in [1.165, 1.54) is 32.4 Å². The van der Waals surface area contributed by atoms with Gasteiger partial charge in [-0.2, -0.15) is 0 Å². The van der Waals surface area contributed by atoms with E-state index in [1.807, 2.05) is 12.1 Å². The first-order valence-electron chi connectivity index (χ1n) is 7.20. The van der Waals surface area contributed by atoms with Crippen LogP contribution in [0.5, 0.6) is 0 Å². The molecule has 2 unspecified atom stereocenters. The molecule has 1 saturated heterocycles. The third-order valence-corrected chi connectivity index (χ3v) is 4.59. The number of furan rings is 1. The SMILES string of the molecule is CCC(C)(C(N)Cc1ccco1)N1CCCCC1. The third-order valence-electron chi connectivity index (χ3n) is 4.59. The number of rotatable bonds is 5. The molecule has 0 aliphatic carbocycles. The standard InChI is InChI=1S/C15H26N2O/c1-3-15(2,17-9-5-4-6-10-17)14(16)12-13-8-7-11-18-13/h7-8,11,14H,3-6,9-10,12,16H2,1-2H3. The van der Waals surface area contributed by atoms with E-state index in [-0.39, 0.29) is 11.6 Å². The molecule has 1 aliphatic heterocycles. The first-order chi connectivity index (χ1) is 8.66. The molecule has 0 spiro atoms. The van der Waals surface area contributed by atoms with Gasteiger partial charge in [0.15, 0.2) is 0 Å². The van der Waals surface area contributed by atoms with Crippen molar-refractivity contribution in [2.45, 2.75) is 57.5 Å². The molecule has 0 saturated carbocycles. The zero-order valence-electron chi connectivity index (χ0n) is 11.7. The Morgan fingerprint density at radius 2 is 2.11 bits per heavy atom. The van der Waals surface area contributed by atoms with Gasteiger partial charge in [0, 0.05) is 18.0 Å². The third kappa shape index (κ3) is 2.78. The summed E-state index contributed by atoms with van der Waals surface area (Å²) in [5.74, 6) is 0.999. The highest BCUT2D eigenvalue weighted by Gasteiger charge is 2.36. The average molecular weight is 250 g/mol. The fourth-order valence-electron chi connectivity index (χ4n) is 2.99. The molecule has 18 heavy (non-hydrogen) atoms. The lowest BCUT2D eigenvalue weighted by atomic mass is 9.84. The van der Waals surface area contributed by atoms with Gasteiger partial charge in [0.25, 0.3) is 0 Å². The Labute approximate surface area is 110 Å². The van der Waals surface area contributed by atoms with E-state index in [1.54, 1.807) is 6.26 Å². The van der Waals surface area contributed by atoms with Gasteiger partial charge >= 0.3 is 0 Å². The van der Waals surface area contributed by atoms with Crippen molar-refractivity contribution in [1.29, 1.82) is 0 Å². The van der Waals surface area contributed by atoms with Crippen molar-refractivity contribution in [3.63, 3.8) is 0 Å². The summed E-state index contributed by atoms with van der Waals surface area (Å²) in [6, 6.07) is 4.09. The quantitative estimate of drug-likeness (QED) is 0.873. The highest BCUT2D eigenvalue weighted by Crippen LogP contribution is 2.28. The first kappa shape index (κ1) is 13.6. The summed E-state index contributed by atoms with van der Waals surface area (Å²) in [6.07, 6.45) is 7.63. The summed E-state index contributed by atoms with van der Waals surface area (Å²) in [5, 5.41) is 0. The summed E-state index contributed by atoms with van der Waals surface area (Å²) in [6.45, 7) is 6.94. The molecule has 3 nitrogen and oxygen atoms in total. The first-order valence-corrected chi connectivity index (χ1v) is 7.20. The second kappa shape index (κ2) is 5.89. The van der Waals surface area contributed by atoms with E-state index in [0.717, 1.165) is 18.6 Å². The Balaban J connectivity index is 2.04. The molecule has 1 aromatic heterocycles. The zero-order valence-corrected chi connectivity index (χ0v) is 11.7. The fourth-order valence-corrected chi connectivity index (χ4v) is 2.99. The van der Waals surface area contributed by atoms with Gasteiger partial charge in [-0.15, -0.1) is 0 Å². The van der Waals surface area contributed by atoms with E-state index in [0.29, 0.717) is 0 Å². The smallest absolute Gasteiger partial charge is 0.105 e. The summed E-state index contributed by atoms with van der Waals surface area (Å²) < 4.78 is 5.43. The molecule has 2 rings (SSSR count). The number of likely N-dealkylation sites (tertiary alicyclic amines) is 1. The lowest BCUT2D eigenvalue weighted by molar-refractivity contribution is 0.0532.